The van der Waals surface area contributed by atoms with Gasteiger partial charge in [0.1, 0.15) is 12.4 Å². The first-order valence-electron chi connectivity index (χ1n) is 8.03. The van der Waals surface area contributed by atoms with Crippen molar-refractivity contribution in [1.29, 1.82) is 0 Å². The molecule has 0 aliphatic carbocycles. The summed E-state index contributed by atoms with van der Waals surface area (Å²) in [6, 6.07) is 9.17. The molecule has 1 N–H and O–H groups in total. The molecule has 0 radical (unpaired) electrons. The maximum atomic E-state index is 13.0. The van der Waals surface area contributed by atoms with Gasteiger partial charge in [-0.1, -0.05) is 0 Å². The van der Waals surface area contributed by atoms with Crippen molar-refractivity contribution in [1.82, 2.24) is 25.6 Å². The van der Waals surface area contributed by atoms with Crippen LogP contribution in [0.3, 0.4) is 0 Å². The zero-order valence-corrected chi connectivity index (χ0v) is 15.8. The predicted molar refractivity (Wildman–Crippen MR) is 99.2 cm³/mol. The number of rotatable bonds is 5. The van der Waals surface area contributed by atoms with E-state index < -0.39 is 5.91 Å². The number of hydrogen-bond acceptors (Lipinski definition) is 7. The van der Waals surface area contributed by atoms with Crippen LogP contribution in [0, 0.1) is 5.82 Å². The molecule has 28 heavy (non-hydrogen) atoms. The van der Waals surface area contributed by atoms with Gasteiger partial charge in [-0.15, -0.1) is 10.2 Å². The van der Waals surface area contributed by atoms with Gasteiger partial charge in [-0.05, 0) is 57.5 Å². The van der Waals surface area contributed by atoms with Crippen LogP contribution in [-0.2, 0) is 11.3 Å². The number of hydrogen-bond donors (Lipinski definition) is 1. The number of benzene rings is 2. The zero-order chi connectivity index (χ0) is 19.5. The maximum Gasteiger partial charge on any atom is 0.263 e. The Kier molecular flexibility index (Phi) is 4.98. The summed E-state index contributed by atoms with van der Waals surface area (Å²) in [5.41, 5.74) is 3.70. The van der Waals surface area contributed by atoms with Crippen molar-refractivity contribution in [3.8, 4) is 22.9 Å². The summed E-state index contributed by atoms with van der Waals surface area (Å²) in [4.78, 5) is 13.1. The molecule has 0 saturated carbocycles. The number of carbonyl (C=O) groups is 1. The van der Waals surface area contributed by atoms with Crippen LogP contribution in [0.15, 0.2) is 46.0 Å². The number of ether oxygens (including phenoxy) is 2. The summed E-state index contributed by atoms with van der Waals surface area (Å²) >= 11 is 3.40. The number of nitrogens with one attached hydrogen (secondary N) is 1. The Morgan fingerprint density at radius 1 is 1.29 bits per heavy atom. The third kappa shape index (κ3) is 3.98. The fourth-order valence-corrected chi connectivity index (χ4v) is 2.82. The van der Waals surface area contributed by atoms with Crippen LogP contribution in [0.5, 0.6) is 11.5 Å². The van der Waals surface area contributed by atoms with Gasteiger partial charge in [-0.25, -0.2) is 9.82 Å². The lowest BCUT2D eigenvalue weighted by Gasteiger charge is -2.02. The van der Waals surface area contributed by atoms with Gasteiger partial charge in [0.05, 0.1) is 6.21 Å². The molecule has 0 atom stereocenters. The molecule has 9 nitrogen and oxygen atoms in total. The van der Waals surface area contributed by atoms with Gasteiger partial charge in [0.2, 0.25) is 12.6 Å². The Morgan fingerprint density at radius 3 is 2.82 bits per heavy atom. The van der Waals surface area contributed by atoms with Crippen LogP contribution in [0.2, 0.25) is 0 Å². The molecule has 2 aromatic carbocycles. The molecule has 1 aliphatic heterocycles. The third-order valence-corrected chi connectivity index (χ3v) is 4.41. The lowest BCUT2D eigenvalue weighted by atomic mass is 10.2. The molecular weight excluding hydrogens is 435 g/mol. The molecule has 1 aromatic heterocycles. The first kappa shape index (κ1) is 18.0. The lowest BCUT2D eigenvalue weighted by molar-refractivity contribution is -0.122. The molecule has 3 aromatic rings. The van der Waals surface area contributed by atoms with E-state index in [9.17, 15) is 9.18 Å². The van der Waals surface area contributed by atoms with Gasteiger partial charge in [0, 0.05) is 15.6 Å². The summed E-state index contributed by atoms with van der Waals surface area (Å²) in [5.74, 6) is 0.748. The maximum absolute atomic E-state index is 13.0. The molecule has 0 saturated heterocycles. The normalized spacial score (nSPS) is 12.5. The van der Waals surface area contributed by atoms with E-state index in [-0.39, 0.29) is 19.2 Å². The standard InChI is InChI=1S/C17H12BrFN6O3/c18-13-6-15-14(27-9-28-15)5-11(13)7-20-21-16(26)8-25-23-17(22-24-25)10-1-3-12(19)4-2-10/h1-7H,8-9H2,(H,21,26)/b20-7-. The topological polar surface area (TPSA) is 104 Å². The van der Waals surface area contributed by atoms with Gasteiger partial charge in [-0.3, -0.25) is 4.79 Å². The van der Waals surface area contributed by atoms with E-state index in [0.717, 1.165) is 9.27 Å². The Hall–Kier alpha value is -3.34. The Labute approximate surface area is 166 Å². The number of nitrogens with zero attached hydrogens (tertiary/aromatic N) is 5. The average Bonchev–Trinajstić information content (AvgIpc) is 3.31. The van der Waals surface area contributed by atoms with Crippen LogP contribution in [-0.4, -0.2) is 39.1 Å². The van der Waals surface area contributed by atoms with Crippen molar-refractivity contribution in [2.45, 2.75) is 6.54 Å². The van der Waals surface area contributed by atoms with Crippen molar-refractivity contribution in [3.63, 3.8) is 0 Å². The van der Waals surface area contributed by atoms with E-state index in [4.69, 9.17) is 9.47 Å². The second-order valence-corrected chi connectivity index (χ2v) is 6.52. The molecule has 0 bridgehead atoms. The van der Waals surface area contributed by atoms with Crippen LogP contribution in [0.4, 0.5) is 4.39 Å². The van der Waals surface area contributed by atoms with Crippen molar-refractivity contribution >= 4 is 28.1 Å². The van der Waals surface area contributed by atoms with Crippen molar-refractivity contribution in [3.05, 3.63) is 52.3 Å². The number of aromatic nitrogens is 4. The minimum atomic E-state index is -0.434. The fraction of sp³-hybridized carbons (Fsp3) is 0.118. The molecule has 1 aliphatic rings. The minimum absolute atomic E-state index is 0.171. The van der Waals surface area contributed by atoms with Crippen molar-refractivity contribution < 1.29 is 18.7 Å². The Morgan fingerprint density at radius 2 is 2.04 bits per heavy atom. The molecule has 11 heteroatoms. The van der Waals surface area contributed by atoms with Crippen LogP contribution >= 0.6 is 15.9 Å². The first-order chi connectivity index (χ1) is 13.6. The molecule has 1 amide bonds. The molecule has 2 heterocycles. The number of tetrazole rings is 1. The Bertz CT molecular complexity index is 1050. The highest BCUT2D eigenvalue weighted by molar-refractivity contribution is 9.10. The molecule has 0 fully saturated rings. The molecule has 0 unspecified atom stereocenters. The number of fused-ring (bicyclic) bond motifs is 1. The van der Waals surface area contributed by atoms with E-state index >= 15 is 0 Å². The highest BCUT2D eigenvalue weighted by Crippen LogP contribution is 2.36. The van der Waals surface area contributed by atoms with Crippen LogP contribution in [0.25, 0.3) is 11.4 Å². The van der Waals surface area contributed by atoms with Crippen LogP contribution < -0.4 is 14.9 Å². The lowest BCUT2D eigenvalue weighted by Crippen LogP contribution is -2.24. The fourth-order valence-electron chi connectivity index (χ4n) is 2.39. The smallest absolute Gasteiger partial charge is 0.263 e. The number of carbonyl (C=O) groups excluding carboxylic acids is 1. The number of halogens is 2. The third-order valence-electron chi connectivity index (χ3n) is 3.73. The molecule has 142 valence electrons. The van der Waals surface area contributed by atoms with E-state index in [1.807, 2.05) is 0 Å². The second kappa shape index (κ2) is 7.72. The first-order valence-corrected chi connectivity index (χ1v) is 8.82. The second-order valence-electron chi connectivity index (χ2n) is 5.67. The van der Waals surface area contributed by atoms with E-state index in [1.165, 1.54) is 30.5 Å². The number of amides is 1. The SMILES string of the molecule is O=C(Cn1nnc(-c2ccc(F)cc2)n1)N/N=C\c1cc2c(cc1Br)OCO2. The quantitative estimate of drug-likeness (QED) is 0.475. The average molecular weight is 447 g/mol. The van der Waals surface area contributed by atoms with Gasteiger partial charge in [0.15, 0.2) is 11.5 Å². The van der Waals surface area contributed by atoms with E-state index in [2.05, 4.69) is 41.9 Å². The predicted octanol–water partition coefficient (Wildman–Crippen LogP) is 2.12. The zero-order valence-electron chi connectivity index (χ0n) is 14.2. The monoisotopic (exact) mass is 446 g/mol. The summed E-state index contributed by atoms with van der Waals surface area (Å²) in [6.45, 7) is -0.00222. The molecular formula is C17H12BrFN6O3. The van der Waals surface area contributed by atoms with Gasteiger partial charge in [0.25, 0.3) is 5.91 Å². The highest BCUT2D eigenvalue weighted by Gasteiger charge is 2.15. The van der Waals surface area contributed by atoms with E-state index in [0.29, 0.717) is 28.5 Å². The number of hydrazone groups is 1. The highest BCUT2D eigenvalue weighted by atomic mass is 79.9. The minimum Gasteiger partial charge on any atom is -0.454 e. The van der Waals surface area contributed by atoms with Crippen molar-refractivity contribution in [2.75, 3.05) is 6.79 Å². The van der Waals surface area contributed by atoms with Gasteiger partial charge in [-0.2, -0.15) is 9.90 Å². The van der Waals surface area contributed by atoms with Gasteiger partial charge >= 0.3 is 0 Å². The molecule has 0 spiro atoms. The van der Waals surface area contributed by atoms with Crippen molar-refractivity contribution in [2.24, 2.45) is 5.10 Å². The summed E-state index contributed by atoms with van der Waals surface area (Å²) < 4.78 is 24.3. The summed E-state index contributed by atoms with van der Waals surface area (Å²) in [5, 5.41) is 15.7. The largest absolute Gasteiger partial charge is 0.454 e. The summed E-state index contributed by atoms with van der Waals surface area (Å²) in [6.07, 6.45) is 1.47. The summed E-state index contributed by atoms with van der Waals surface area (Å²) in [7, 11) is 0. The van der Waals surface area contributed by atoms with E-state index in [1.54, 1.807) is 12.1 Å². The molecule has 4 rings (SSSR count). The van der Waals surface area contributed by atoms with Crippen LogP contribution in [0.1, 0.15) is 5.56 Å². The van der Waals surface area contributed by atoms with Gasteiger partial charge < -0.3 is 9.47 Å². The Balaban J connectivity index is 1.36.